The molecule has 0 amide bonds. The van der Waals surface area contributed by atoms with Crippen molar-refractivity contribution in [2.45, 2.75) is 65.1 Å². The van der Waals surface area contributed by atoms with Gasteiger partial charge in [0.05, 0.1) is 6.26 Å². The maximum Gasteiger partial charge on any atom is 0.249 e. The third-order valence-corrected chi connectivity index (χ3v) is 7.92. The SMILES string of the molecule is C#CCCC(C)CC=CO[Si](C)(C)C(C)(C)C. The van der Waals surface area contributed by atoms with Gasteiger partial charge in [-0.25, -0.2) is 0 Å². The average molecular weight is 252 g/mol. The van der Waals surface area contributed by atoms with Gasteiger partial charge in [0.15, 0.2) is 0 Å². The Hall–Kier alpha value is -0.683. The predicted octanol–water partition coefficient (Wildman–Crippen LogP) is 4.96. The van der Waals surface area contributed by atoms with Crippen LogP contribution < -0.4 is 0 Å². The maximum absolute atomic E-state index is 5.97. The molecule has 17 heavy (non-hydrogen) atoms. The molecular formula is C15H28OSi. The van der Waals surface area contributed by atoms with Crippen molar-refractivity contribution in [3.8, 4) is 12.3 Å². The Kier molecular flexibility index (Phi) is 6.63. The van der Waals surface area contributed by atoms with Crippen LogP contribution in [0.3, 0.4) is 0 Å². The largest absolute Gasteiger partial charge is 0.549 e. The number of rotatable bonds is 6. The van der Waals surface area contributed by atoms with E-state index in [0.29, 0.717) is 5.92 Å². The molecule has 0 aliphatic rings. The molecule has 0 heterocycles. The Morgan fingerprint density at radius 2 is 1.94 bits per heavy atom. The molecule has 1 nitrogen and oxygen atoms in total. The molecule has 98 valence electrons. The van der Waals surface area contributed by atoms with E-state index in [0.717, 1.165) is 19.3 Å². The van der Waals surface area contributed by atoms with Crippen molar-refractivity contribution in [3.63, 3.8) is 0 Å². The Morgan fingerprint density at radius 3 is 2.41 bits per heavy atom. The molecule has 0 saturated heterocycles. The summed E-state index contributed by atoms with van der Waals surface area (Å²) < 4.78 is 5.97. The highest BCUT2D eigenvalue weighted by molar-refractivity contribution is 6.74. The van der Waals surface area contributed by atoms with Crippen LogP contribution in [0, 0.1) is 18.3 Å². The second-order valence-electron chi connectivity index (χ2n) is 6.33. The summed E-state index contributed by atoms with van der Waals surface area (Å²) in [5.41, 5.74) is 0. The lowest BCUT2D eigenvalue weighted by atomic mass is 10.0. The van der Waals surface area contributed by atoms with Crippen LogP contribution in [0.5, 0.6) is 0 Å². The first-order valence-electron chi connectivity index (χ1n) is 6.47. The average Bonchev–Trinajstić information content (AvgIpc) is 2.20. The summed E-state index contributed by atoms with van der Waals surface area (Å²) in [4.78, 5) is 0. The standard InChI is InChI=1S/C15H28OSi/c1-8-9-11-14(2)12-10-13-16-17(6,7)15(3,4)5/h1,10,13-14H,9,11-12H2,2-7H3. The minimum atomic E-state index is -1.62. The molecule has 1 atom stereocenters. The van der Waals surface area contributed by atoms with Crippen LogP contribution in [0.15, 0.2) is 12.3 Å². The first-order valence-corrected chi connectivity index (χ1v) is 9.38. The molecule has 0 fully saturated rings. The zero-order valence-corrected chi connectivity index (χ0v) is 13.3. The summed E-state index contributed by atoms with van der Waals surface area (Å²) in [5, 5.41) is 0.270. The Morgan fingerprint density at radius 1 is 1.35 bits per heavy atom. The fourth-order valence-electron chi connectivity index (χ4n) is 1.13. The fourth-order valence-corrected chi connectivity index (χ4v) is 1.92. The van der Waals surface area contributed by atoms with E-state index in [4.69, 9.17) is 10.8 Å². The lowest BCUT2D eigenvalue weighted by molar-refractivity contribution is 0.425. The van der Waals surface area contributed by atoms with Crippen LogP contribution in [-0.2, 0) is 4.43 Å². The van der Waals surface area contributed by atoms with Gasteiger partial charge >= 0.3 is 0 Å². The topological polar surface area (TPSA) is 9.23 Å². The molecule has 2 heteroatoms. The van der Waals surface area contributed by atoms with Gasteiger partial charge in [-0.1, -0.05) is 33.8 Å². The lowest BCUT2D eigenvalue weighted by Gasteiger charge is -2.35. The van der Waals surface area contributed by atoms with E-state index in [1.807, 2.05) is 6.26 Å². The van der Waals surface area contributed by atoms with E-state index in [-0.39, 0.29) is 5.04 Å². The monoisotopic (exact) mass is 252 g/mol. The highest BCUT2D eigenvalue weighted by Crippen LogP contribution is 2.36. The molecule has 0 aliphatic carbocycles. The number of allylic oxidation sites excluding steroid dienone is 1. The van der Waals surface area contributed by atoms with Gasteiger partial charge in [-0.05, 0) is 36.9 Å². The smallest absolute Gasteiger partial charge is 0.249 e. The van der Waals surface area contributed by atoms with E-state index in [9.17, 15) is 0 Å². The van der Waals surface area contributed by atoms with E-state index >= 15 is 0 Å². The van der Waals surface area contributed by atoms with E-state index in [2.05, 4.69) is 52.8 Å². The Labute approximate surface area is 109 Å². The molecule has 1 unspecified atom stereocenters. The maximum atomic E-state index is 5.97. The van der Waals surface area contributed by atoms with Crippen molar-refractivity contribution < 1.29 is 4.43 Å². The van der Waals surface area contributed by atoms with Crippen LogP contribution in [0.25, 0.3) is 0 Å². The molecule has 0 radical (unpaired) electrons. The zero-order valence-electron chi connectivity index (χ0n) is 12.3. The van der Waals surface area contributed by atoms with Crippen molar-refractivity contribution in [3.05, 3.63) is 12.3 Å². The van der Waals surface area contributed by atoms with E-state index in [1.54, 1.807) is 0 Å². The summed E-state index contributed by atoms with van der Waals surface area (Å²) in [7, 11) is -1.62. The van der Waals surface area contributed by atoms with E-state index in [1.165, 1.54) is 0 Å². The number of hydrogen-bond acceptors (Lipinski definition) is 1. The molecule has 0 aromatic rings. The molecule has 0 rings (SSSR count). The lowest BCUT2D eigenvalue weighted by Crippen LogP contribution is -2.39. The number of hydrogen-bond donors (Lipinski definition) is 0. The first kappa shape index (κ1) is 16.3. The van der Waals surface area contributed by atoms with Gasteiger partial charge in [-0.15, -0.1) is 12.3 Å². The van der Waals surface area contributed by atoms with Crippen LogP contribution in [-0.4, -0.2) is 8.32 Å². The molecule has 0 aromatic heterocycles. The third kappa shape index (κ3) is 6.58. The fraction of sp³-hybridized carbons (Fsp3) is 0.733. The first-order chi connectivity index (χ1) is 7.70. The molecular weight excluding hydrogens is 224 g/mol. The van der Waals surface area contributed by atoms with Gasteiger partial charge in [0, 0.05) is 6.42 Å². The minimum absolute atomic E-state index is 0.270. The van der Waals surface area contributed by atoms with Crippen LogP contribution in [0.1, 0.15) is 47.0 Å². The molecule has 0 N–H and O–H groups in total. The van der Waals surface area contributed by atoms with Crippen LogP contribution >= 0.6 is 0 Å². The summed E-state index contributed by atoms with van der Waals surface area (Å²) in [6, 6.07) is 0. The van der Waals surface area contributed by atoms with Crippen molar-refractivity contribution in [2.75, 3.05) is 0 Å². The summed E-state index contributed by atoms with van der Waals surface area (Å²) in [6.07, 6.45) is 12.3. The predicted molar refractivity (Wildman–Crippen MR) is 79.3 cm³/mol. The van der Waals surface area contributed by atoms with Crippen molar-refractivity contribution >= 4 is 8.32 Å². The van der Waals surface area contributed by atoms with Gasteiger partial charge in [0.2, 0.25) is 8.32 Å². The second kappa shape index (κ2) is 6.91. The molecule has 0 saturated carbocycles. The van der Waals surface area contributed by atoms with Crippen molar-refractivity contribution in [1.82, 2.24) is 0 Å². The van der Waals surface area contributed by atoms with Gasteiger partial charge < -0.3 is 4.43 Å². The molecule has 0 aliphatic heterocycles. The highest BCUT2D eigenvalue weighted by Gasteiger charge is 2.37. The van der Waals surface area contributed by atoms with Crippen molar-refractivity contribution in [2.24, 2.45) is 5.92 Å². The van der Waals surface area contributed by atoms with Gasteiger partial charge in [-0.2, -0.15) is 0 Å². The molecule has 0 bridgehead atoms. The number of terminal acetylenes is 1. The highest BCUT2D eigenvalue weighted by atomic mass is 28.4. The van der Waals surface area contributed by atoms with Crippen LogP contribution in [0.4, 0.5) is 0 Å². The minimum Gasteiger partial charge on any atom is -0.549 e. The quantitative estimate of drug-likeness (QED) is 0.369. The summed E-state index contributed by atoms with van der Waals surface area (Å²) in [5.74, 6) is 3.33. The Balaban J connectivity index is 4.01. The molecule has 0 aromatic carbocycles. The second-order valence-corrected chi connectivity index (χ2v) is 11.1. The van der Waals surface area contributed by atoms with Gasteiger partial charge in [-0.3, -0.25) is 0 Å². The van der Waals surface area contributed by atoms with E-state index < -0.39 is 8.32 Å². The summed E-state index contributed by atoms with van der Waals surface area (Å²) in [6.45, 7) is 13.5. The van der Waals surface area contributed by atoms with Crippen molar-refractivity contribution in [1.29, 1.82) is 0 Å². The van der Waals surface area contributed by atoms with Gasteiger partial charge in [0.1, 0.15) is 0 Å². The normalized spacial score (nSPS) is 14.6. The summed E-state index contributed by atoms with van der Waals surface area (Å²) >= 11 is 0. The molecule has 0 spiro atoms. The third-order valence-electron chi connectivity index (χ3n) is 3.59. The van der Waals surface area contributed by atoms with Crippen LogP contribution in [0.2, 0.25) is 18.1 Å². The zero-order chi connectivity index (χ0) is 13.5. The Bertz CT molecular complexity index is 278. The van der Waals surface area contributed by atoms with Gasteiger partial charge in [0.25, 0.3) is 0 Å².